The number of carbonyl (C=O) groups excluding carboxylic acids is 1. The molecule has 0 spiro atoms. The molecule has 1 aliphatic heterocycles. The summed E-state index contributed by atoms with van der Waals surface area (Å²) in [4.78, 5) is 14.4. The van der Waals surface area contributed by atoms with E-state index in [0.717, 1.165) is 12.1 Å². The number of carbonyl (C=O) groups is 1. The standard InChI is InChI=1S/C15H16ClN3O2/c1-10-7-14(21-18-10)15(20)19-6-5-17-9-13(19)11-3-2-4-12(16)8-11/h2-4,7-8,13,17H,5-6,9H2,1H3. The number of hydrogen-bond donors (Lipinski definition) is 1. The molecule has 0 saturated carbocycles. The van der Waals surface area contributed by atoms with Gasteiger partial charge in [0.15, 0.2) is 0 Å². The molecule has 1 aliphatic rings. The lowest BCUT2D eigenvalue weighted by atomic mass is 10.0. The smallest absolute Gasteiger partial charge is 0.293 e. The monoisotopic (exact) mass is 305 g/mol. The Morgan fingerprint density at radius 2 is 2.33 bits per heavy atom. The normalized spacial score (nSPS) is 18.8. The lowest BCUT2D eigenvalue weighted by molar-refractivity contribution is 0.0592. The summed E-state index contributed by atoms with van der Waals surface area (Å²) in [5.41, 5.74) is 1.71. The molecule has 1 N–H and O–H groups in total. The summed E-state index contributed by atoms with van der Waals surface area (Å²) >= 11 is 6.06. The van der Waals surface area contributed by atoms with Crippen LogP contribution in [0.25, 0.3) is 0 Å². The maximum absolute atomic E-state index is 12.6. The number of hydrogen-bond acceptors (Lipinski definition) is 4. The van der Waals surface area contributed by atoms with Crippen LogP contribution in [0.2, 0.25) is 5.02 Å². The molecule has 0 radical (unpaired) electrons. The van der Waals surface area contributed by atoms with E-state index >= 15 is 0 Å². The van der Waals surface area contributed by atoms with Gasteiger partial charge in [-0.1, -0.05) is 28.9 Å². The van der Waals surface area contributed by atoms with E-state index in [0.29, 0.717) is 23.8 Å². The Morgan fingerprint density at radius 3 is 3.05 bits per heavy atom. The summed E-state index contributed by atoms with van der Waals surface area (Å²) in [6.45, 7) is 3.87. The number of benzene rings is 1. The molecule has 1 unspecified atom stereocenters. The number of rotatable bonds is 2. The second-order valence-electron chi connectivity index (χ2n) is 5.11. The van der Waals surface area contributed by atoms with Crippen molar-refractivity contribution < 1.29 is 9.32 Å². The molecule has 110 valence electrons. The van der Waals surface area contributed by atoms with Gasteiger partial charge in [0.2, 0.25) is 5.76 Å². The van der Waals surface area contributed by atoms with Gasteiger partial charge in [-0.3, -0.25) is 4.79 Å². The molecule has 1 saturated heterocycles. The zero-order chi connectivity index (χ0) is 14.8. The van der Waals surface area contributed by atoms with Crippen LogP contribution in [-0.2, 0) is 0 Å². The number of nitrogens with one attached hydrogen (secondary N) is 1. The second kappa shape index (κ2) is 5.87. The fraction of sp³-hybridized carbons (Fsp3) is 0.333. The van der Waals surface area contributed by atoms with Crippen LogP contribution in [0.3, 0.4) is 0 Å². The summed E-state index contributed by atoms with van der Waals surface area (Å²) in [5.74, 6) is 0.142. The van der Waals surface area contributed by atoms with Crippen molar-refractivity contribution in [1.29, 1.82) is 0 Å². The molecule has 5 nitrogen and oxygen atoms in total. The first-order chi connectivity index (χ1) is 10.1. The number of amides is 1. The lowest BCUT2D eigenvalue weighted by Gasteiger charge is -2.36. The molecule has 21 heavy (non-hydrogen) atoms. The van der Waals surface area contributed by atoms with Gasteiger partial charge >= 0.3 is 0 Å². The number of halogens is 1. The highest BCUT2D eigenvalue weighted by atomic mass is 35.5. The van der Waals surface area contributed by atoms with Crippen LogP contribution in [0, 0.1) is 6.92 Å². The molecule has 1 atom stereocenters. The average Bonchev–Trinajstić information content (AvgIpc) is 2.93. The molecule has 1 fully saturated rings. The van der Waals surface area contributed by atoms with Crippen LogP contribution in [0.4, 0.5) is 0 Å². The summed E-state index contributed by atoms with van der Waals surface area (Å²) in [6, 6.07) is 9.20. The quantitative estimate of drug-likeness (QED) is 0.926. The minimum atomic E-state index is -0.137. The Morgan fingerprint density at radius 1 is 1.48 bits per heavy atom. The Labute approximate surface area is 127 Å². The molecule has 1 amide bonds. The third-order valence-corrected chi connectivity index (χ3v) is 3.81. The van der Waals surface area contributed by atoms with Gasteiger partial charge in [-0.2, -0.15) is 0 Å². The summed E-state index contributed by atoms with van der Waals surface area (Å²) in [7, 11) is 0. The minimum absolute atomic E-state index is 0.0599. The Bertz CT molecular complexity index is 656. The van der Waals surface area contributed by atoms with E-state index in [9.17, 15) is 4.79 Å². The van der Waals surface area contributed by atoms with Crippen molar-refractivity contribution in [3.8, 4) is 0 Å². The highest BCUT2D eigenvalue weighted by molar-refractivity contribution is 6.30. The highest BCUT2D eigenvalue weighted by Crippen LogP contribution is 2.26. The maximum Gasteiger partial charge on any atom is 0.293 e. The van der Waals surface area contributed by atoms with E-state index in [4.69, 9.17) is 16.1 Å². The Kier molecular flexibility index (Phi) is 3.94. The average molecular weight is 306 g/mol. The predicted molar refractivity (Wildman–Crippen MR) is 79.3 cm³/mol. The molecular weight excluding hydrogens is 290 g/mol. The van der Waals surface area contributed by atoms with E-state index < -0.39 is 0 Å². The summed E-state index contributed by atoms with van der Waals surface area (Å²) in [5, 5.41) is 7.76. The van der Waals surface area contributed by atoms with Crippen molar-refractivity contribution in [3.05, 3.63) is 52.4 Å². The van der Waals surface area contributed by atoms with Crippen molar-refractivity contribution in [2.24, 2.45) is 0 Å². The zero-order valence-corrected chi connectivity index (χ0v) is 12.4. The Hall–Kier alpha value is -1.85. The van der Waals surface area contributed by atoms with Gasteiger partial charge in [0, 0.05) is 30.7 Å². The highest BCUT2D eigenvalue weighted by Gasteiger charge is 2.30. The second-order valence-corrected chi connectivity index (χ2v) is 5.54. The number of aromatic nitrogens is 1. The molecule has 2 heterocycles. The van der Waals surface area contributed by atoms with Gasteiger partial charge in [0.1, 0.15) is 0 Å². The first-order valence-electron chi connectivity index (χ1n) is 6.85. The van der Waals surface area contributed by atoms with Crippen LogP contribution in [-0.4, -0.2) is 35.6 Å². The molecule has 3 rings (SSSR count). The van der Waals surface area contributed by atoms with E-state index in [1.54, 1.807) is 13.0 Å². The molecule has 1 aromatic carbocycles. The molecule has 0 bridgehead atoms. The fourth-order valence-corrected chi connectivity index (χ4v) is 2.76. The van der Waals surface area contributed by atoms with Gasteiger partial charge < -0.3 is 14.7 Å². The van der Waals surface area contributed by atoms with Gasteiger partial charge in [0.05, 0.1) is 11.7 Å². The molecule has 6 heteroatoms. The van der Waals surface area contributed by atoms with Gasteiger partial charge in [-0.15, -0.1) is 0 Å². The molecule has 1 aromatic heterocycles. The van der Waals surface area contributed by atoms with Crippen LogP contribution in [0.15, 0.2) is 34.9 Å². The maximum atomic E-state index is 12.6. The zero-order valence-electron chi connectivity index (χ0n) is 11.7. The minimum Gasteiger partial charge on any atom is -0.351 e. The first-order valence-corrected chi connectivity index (χ1v) is 7.23. The molecular formula is C15H16ClN3O2. The summed E-state index contributed by atoms with van der Waals surface area (Å²) in [6.07, 6.45) is 0. The number of nitrogens with zero attached hydrogens (tertiary/aromatic N) is 2. The number of piperazine rings is 1. The fourth-order valence-electron chi connectivity index (χ4n) is 2.56. The van der Waals surface area contributed by atoms with Gasteiger partial charge in [-0.05, 0) is 24.6 Å². The largest absolute Gasteiger partial charge is 0.351 e. The Balaban J connectivity index is 1.89. The van der Waals surface area contributed by atoms with Crippen molar-refractivity contribution in [3.63, 3.8) is 0 Å². The first kappa shape index (κ1) is 14.1. The van der Waals surface area contributed by atoms with Crippen molar-refractivity contribution in [1.82, 2.24) is 15.4 Å². The third-order valence-electron chi connectivity index (χ3n) is 3.58. The van der Waals surface area contributed by atoms with Crippen LogP contribution in [0.5, 0.6) is 0 Å². The van der Waals surface area contributed by atoms with E-state index in [1.165, 1.54) is 0 Å². The van der Waals surface area contributed by atoms with Gasteiger partial charge in [0.25, 0.3) is 5.91 Å². The third kappa shape index (κ3) is 2.94. The van der Waals surface area contributed by atoms with Crippen LogP contribution < -0.4 is 5.32 Å². The molecule has 0 aliphatic carbocycles. The van der Waals surface area contributed by atoms with Crippen LogP contribution in [0.1, 0.15) is 27.9 Å². The topological polar surface area (TPSA) is 58.4 Å². The number of aryl methyl sites for hydroxylation is 1. The van der Waals surface area contributed by atoms with Crippen molar-refractivity contribution >= 4 is 17.5 Å². The van der Waals surface area contributed by atoms with E-state index in [2.05, 4.69) is 10.5 Å². The lowest BCUT2D eigenvalue weighted by Crippen LogP contribution is -2.48. The SMILES string of the molecule is Cc1cc(C(=O)N2CCNCC2c2cccc(Cl)c2)on1. The van der Waals surface area contributed by atoms with Crippen molar-refractivity contribution in [2.45, 2.75) is 13.0 Å². The van der Waals surface area contributed by atoms with Gasteiger partial charge in [-0.25, -0.2) is 0 Å². The summed E-state index contributed by atoms with van der Waals surface area (Å²) < 4.78 is 5.10. The van der Waals surface area contributed by atoms with E-state index in [1.807, 2.05) is 29.2 Å². The van der Waals surface area contributed by atoms with Crippen molar-refractivity contribution in [2.75, 3.05) is 19.6 Å². The molecule has 2 aromatic rings. The van der Waals surface area contributed by atoms with Crippen LogP contribution >= 0.6 is 11.6 Å². The van der Waals surface area contributed by atoms with E-state index in [-0.39, 0.29) is 17.7 Å². The predicted octanol–water partition coefficient (Wildman–Crippen LogP) is 2.42.